The van der Waals surface area contributed by atoms with Gasteiger partial charge < -0.3 is 16.2 Å². The number of aromatic hydroxyl groups is 1. The van der Waals surface area contributed by atoms with E-state index in [1.807, 2.05) is 18.2 Å². The Morgan fingerprint density at radius 3 is 2.53 bits per heavy atom. The topological polar surface area (TPSA) is 75.4 Å². The molecule has 4 heteroatoms. The lowest BCUT2D eigenvalue weighted by atomic mass is 10.1. The normalized spacial score (nSPS) is 11.9. The van der Waals surface area contributed by atoms with Crippen LogP contribution in [0.4, 0.5) is 5.69 Å². The van der Waals surface area contributed by atoms with Gasteiger partial charge in [0.1, 0.15) is 11.8 Å². The highest BCUT2D eigenvalue weighted by Gasteiger charge is 2.17. The highest BCUT2D eigenvalue weighted by Crippen LogP contribution is 2.27. The van der Waals surface area contributed by atoms with E-state index in [2.05, 4.69) is 5.32 Å². The van der Waals surface area contributed by atoms with Gasteiger partial charge in [-0.1, -0.05) is 42.5 Å². The molecule has 1 atom stereocenters. The van der Waals surface area contributed by atoms with Crippen molar-refractivity contribution in [3.8, 4) is 5.75 Å². The van der Waals surface area contributed by atoms with Crippen molar-refractivity contribution in [2.45, 2.75) is 13.0 Å². The van der Waals surface area contributed by atoms with E-state index >= 15 is 0 Å². The summed E-state index contributed by atoms with van der Waals surface area (Å²) in [6.07, 6.45) is 0. The first-order valence-electron chi connectivity index (χ1n) is 5.99. The lowest BCUT2D eigenvalue weighted by Crippen LogP contribution is -2.27. The number of anilines is 1. The molecule has 2 aromatic carbocycles. The number of hydrogen-bond acceptors (Lipinski definition) is 3. The number of nitrogens with two attached hydrogens (primary N) is 1. The standard InChI is InChI=1S/C15H16N2O2/c1-10-6-5-9-12(14(10)18)17-15(19)13(16)11-7-3-2-4-8-11/h2-9,13,18H,16H2,1H3,(H,17,19)/t13-/m1/s1. The third kappa shape index (κ3) is 2.92. The molecule has 4 N–H and O–H groups in total. The summed E-state index contributed by atoms with van der Waals surface area (Å²) in [5.74, 6) is -0.289. The molecule has 19 heavy (non-hydrogen) atoms. The van der Waals surface area contributed by atoms with Gasteiger partial charge in [0.05, 0.1) is 5.69 Å². The van der Waals surface area contributed by atoms with Crippen LogP contribution in [0.1, 0.15) is 17.2 Å². The van der Waals surface area contributed by atoms with Crippen molar-refractivity contribution in [1.29, 1.82) is 0 Å². The minimum atomic E-state index is -0.763. The molecule has 0 fully saturated rings. The van der Waals surface area contributed by atoms with Crippen molar-refractivity contribution in [2.24, 2.45) is 5.73 Å². The second kappa shape index (κ2) is 5.54. The van der Waals surface area contributed by atoms with Crippen LogP contribution in [0.25, 0.3) is 0 Å². The molecule has 2 aromatic rings. The van der Waals surface area contributed by atoms with Gasteiger partial charge in [0.25, 0.3) is 0 Å². The summed E-state index contributed by atoms with van der Waals surface area (Å²) in [5.41, 5.74) is 7.68. The average Bonchev–Trinajstić information content (AvgIpc) is 2.44. The summed E-state index contributed by atoms with van der Waals surface area (Å²) in [6, 6.07) is 13.5. The monoisotopic (exact) mass is 256 g/mol. The van der Waals surface area contributed by atoms with Crippen molar-refractivity contribution >= 4 is 11.6 Å². The Morgan fingerprint density at radius 1 is 1.16 bits per heavy atom. The van der Waals surface area contributed by atoms with Gasteiger partial charge in [0, 0.05) is 0 Å². The minimum absolute atomic E-state index is 0.0658. The third-order valence-electron chi connectivity index (χ3n) is 2.94. The molecular formula is C15H16N2O2. The van der Waals surface area contributed by atoms with Gasteiger partial charge in [-0.2, -0.15) is 0 Å². The zero-order valence-electron chi connectivity index (χ0n) is 10.6. The molecule has 0 unspecified atom stereocenters. The van der Waals surface area contributed by atoms with Crippen LogP contribution >= 0.6 is 0 Å². The quantitative estimate of drug-likeness (QED) is 0.738. The molecule has 1 amide bonds. The zero-order chi connectivity index (χ0) is 13.8. The van der Waals surface area contributed by atoms with Gasteiger partial charge in [0.15, 0.2) is 0 Å². The maximum absolute atomic E-state index is 12.0. The van der Waals surface area contributed by atoms with Gasteiger partial charge in [0.2, 0.25) is 5.91 Å². The van der Waals surface area contributed by atoms with E-state index < -0.39 is 6.04 Å². The predicted molar refractivity (Wildman–Crippen MR) is 74.8 cm³/mol. The van der Waals surface area contributed by atoms with Gasteiger partial charge in [-0.05, 0) is 24.1 Å². The Morgan fingerprint density at radius 2 is 1.84 bits per heavy atom. The van der Waals surface area contributed by atoms with Crippen LogP contribution in [0.3, 0.4) is 0 Å². The largest absolute Gasteiger partial charge is 0.505 e. The number of para-hydroxylation sites is 1. The second-order valence-corrected chi connectivity index (χ2v) is 4.35. The lowest BCUT2D eigenvalue weighted by Gasteiger charge is -2.14. The molecule has 98 valence electrons. The summed E-state index contributed by atoms with van der Waals surface area (Å²) in [6.45, 7) is 1.77. The van der Waals surface area contributed by atoms with Crippen LogP contribution in [0.5, 0.6) is 5.75 Å². The first kappa shape index (κ1) is 13.1. The molecule has 0 spiro atoms. The fraction of sp³-hybridized carbons (Fsp3) is 0.133. The molecule has 0 saturated carbocycles. The Hall–Kier alpha value is -2.33. The van der Waals surface area contributed by atoms with E-state index in [1.165, 1.54) is 0 Å². The van der Waals surface area contributed by atoms with Crippen molar-refractivity contribution in [3.63, 3.8) is 0 Å². The molecule has 0 bridgehead atoms. The zero-order valence-corrected chi connectivity index (χ0v) is 10.6. The number of nitrogens with one attached hydrogen (secondary N) is 1. The van der Waals surface area contributed by atoms with Crippen LogP contribution in [0, 0.1) is 6.92 Å². The predicted octanol–water partition coefficient (Wildman–Crippen LogP) is 2.34. The van der Waals surface area contributed by atoms with Crippen LogP contribution in [-0.2, 0) is 4.79 Å². The third-order valence-corrected chi connectivity index (χ3v) is 2.94. The Labute approximate surface area is 111 Å². The molecular weight excluding hydrogens is 240 g/mol. The van der Waals surface area contributed by atoms with E-state index in [0.717, 1.165) is 5.56 Å². The first-order valence-corrected chi connectivity index (χ1v) is 5.99. The maximum atomic E-state index is 12.0. The van der Waals surface area contributed by atoms with Crippen LogP contribution < -0.4 is 11.1 Å². The van der Waals surface area contributed by atoms with E-state index in [1.54, 1.807) is 37.3 Å². The van der Waals surface area contributed by atoms with Crippen LogP contribution in [-0.4, -0.2) is 11.0 Å². The number of amides is 1. The summed E-state index contributed by atoms with van der Waals surface area (Å²) in [4.78, 5) is 12.0. The number of benzene rings is 2. The number of phenolic OH excluding ortho intramolecular Hbond substituents is 1. The van der Waals surface area contributed by atoms with Crippen molar-refractivity contribution < 1.29 is 9.90 Å². The molecule has 0 aliphatic rings. The minimum Gasteiger partial charge on any atom is -0.505 e. The Bertz CT molecular complexity index is 582. The molecule has 0 radical (unpaired) electrons. The number of hydrogen-bond donors (Lipinski definition) is 3. The SMILES string of the molecule is Cc1cccc(NC(=O)[C@H](N)c2ccccc2)c1O. The summed E-state index contributed by atoms with van der Waals surface area (Å²) in [7, 11) is 0. The summed E-state index contributed by atoms with van der Waals surface area (Å²) in [5, 5.41) is 12.5. The van der Waals surface area contributed by atoms with Crippen LogP contribution in [0.15, 0.2) is 48.5 Å². The number of rotatable bonds is 3. The number of carbonyl (C=O) groups is 1. The Kier molecular flexibility index (Phi) is 3.82. The lowest BCUT2D eigenvalue weighted by molar-refractivity contribution is -0.117. The number of carbonyl (C=O) groups excluding carboxylic acids is 1. The van der Waals surface area contributed by atoms with Crippen LogP contribution in [0.2, 0.25) is 0 Å². The highest BCUT2D eigenvalue weighted by molar-refractivity contribution is 5.96. The molecule has 0 saturated heterocycles. The smallest absolute Gasteiger partial charge is 0.245 e. The Balaban J connectivity index is 2.15. The molecule has 2 rings (SSSR count). The van der Waals surface area contributed by atoms with E-state index in [4.69, 9.17) is 5.73 Å². The van der Waals surface area contributed by atoms with Crippen molar-refractivity contribution in [1.82, 2.24) is 0 Å². The molecule has 0 aliphatic carbocycles. The highest BCUT2D eigenvalue weighted by atomic mass is 16.3. The van der Waals surface area contributed by atoms with Gasteiger partial charge in [-0.25, -0.2) is 0 Å². The van der Waals surface area contributed by atoms with E-state index in [0.29, 0.717) is 11.3 Å². The van der Waals surface area contributed by atoms with E-state index in [9.17, 15) is 9.90 Å². The number of phenols is 1. The first-order chi connectivity index (χ1) is 9.09. The van der Waals surface area contributed by atoms with Gasteiger partial charge in [-0.3, -0.25) is 4.79 Å². The molecule has 0 aliphatic heterocycles. The maximum Gasteiger partial charge on any atom is 0.245 e. The molecule has 0 heterocycles. The van der Waals surface area contributed by atoms with E-state index in [-0.39, 0.29) is 11.7 Å². The molecule has 4 nitrogen and oxygen atoms in total. The van der Waals surface area contributed by atoms with Crippen molar-refractivity contribution in [3.05, 3.63) is 59.7 Å². The fourth-order valence-corrected chi connectivity index (χ4v) is 1.78. The second-order valence-electron chi connectivity index (χ2n) is 4.35. The number of aryl methyl sites for hydroxylation is 1. The van der Waals surface area contributed by atoms with Gasteiger partial charge >= 0.3 is 0 Å². The summed E-state index contributed by atoms with van der Waals surface area (Å²) < 4.78 is 0. The fourth-order valence-electron chi connectivity index (χ4n) is 1.78. The average molecular weight is 256 g/mol. The summed E-state index contributed by atoms with van der Waals surface area (Å²) >= 11 is 0. The molecule has 0 aromatic heterocycles. The van der Waals surface area contributed by atoms with Gasteiger partial charge in [-0.15, -0.1) is 0 Å². The van der Waals surface area contributed by atoms with Crippen molar-refractivity contribution in [2.75, 3.05) is 5.32 Å².